The number of nitro groups is 1. The molecule has 0 atom stereocenters. The van der Waals surface area contributed by atoms with Gasteiger partial charge in [0.1, 0.15) is 5.69 Å². The zero-order valence-electron chi connectivity index (χ0n) is 12.4. The van der Waals surface area contributed by atoms with Crippen molar-refractivity contribution in [1.82, 2.24) is 4.98 Å². The van der Waals surface area contributed by atoms with Crippen LogP contribution in [-0.4, -0.2) is 21.0 Å². The predicted octanol–water partition coefficient (Wildman–Crippen LogP) is 3.54. The molecule has 0 bridgehead atoms. The number of benzene rings is 2. The van der Waals surface area contributed by atoms with Gasteiger partial charge in [0.25, 0.3) is 0 Å². The van der Waals surface area contributed by atoms with E-state index in [-0.39, 0.29) is 16.8 Å². The number of nitrogen functional groups attached to an aromatic ring is 1. The molecule has 0 amide bonds. The zero-order chi connectivity index (χ0) is 17.3. The van der Waals surface area contributed by atoms with E-state index in [0.29, 0.717) is 16.8 Å². The number of carbonyl (C=O) groups is 1. The van der Waals surface area contributed by atoms with Crippen LogP contribution in [0.25, 0.3) is 22.4 Å². The summed E-state index contributed by atoms with van der Waals surface area (Å²) in [5.74, 6) is -1.31. The highest BCUT2D eigenvalue weighted by molar-refractivity contribution is 6.06. The highest BCUT2D eigenvalue weighted by Gasteiger charge is 2.29. The molecule has 0 saturated carbocycles. The third kappa shape index (κ3) is 2.48. The molecular weight excluding hydrogens is 310 g/mol. The Morgan fingerprint density at radius 2 is 1.83 bits per heavy atom. The lowest BCUT2D eigenvalue weighted by Gasteiger charge is -2.13. The van der Waals surface area contributed by atoms with E-state index in [1.807, 2.05) is 0 Å². The summed E-state index contributed by atoms with van der Waals surface area (Å²) in [6, 6.07) is 13.6. The number of hydrogen-bond acceptors (Lipinski definition) is 4. The van der Waals surface area contributed by atoms with E-state index in [1.165, 1.54) is 6.07 Å². The van der Waals surface area contributed by atoms with Gasteiger partial charge in [-0.1, -0.05) is 30.3 Å². The Kier molecular flexibility index (Phi) is 3.75. The quantitative estimate of drug-likeness (QED) is 0.385. The van der Waals surface area contributed by atoms with Crippen LogP contribution in [0, 0.1) is 10.1 Å². The Labute approximate surface area is 136 Å². The molecule has 3 rings (SSSR count). The number of H-pyrrole nitrogens is 1. The minimum Gasteiger partial charge on any atom is -0.478 e. The summed E-state index contributed by atoms with van der Waals surface area (Å²) in [5.41, 5.74) is 6.51. The van der Waals surface area contributed by atoms with E-state index in [1.54, 1.807) is 48.7 Å². The van der Waals surface area contributed by atoms with Crippen molar-refractivity contribution in [3.05, 3.63) is 70.4 Å². The van der Waals surface area contributed by atoms with Crippen LogP contribution < -0.4 is 5.73 Å². The monoisotopic (exact) mass is 323 g/mol. The van der Waals surface area contributed by atoms with Gasteiger partial charge in [0.2, 0.25) is 0 Å². The number of nitrogens with one attached hydrogen (secondary N) is 1. The lowest BCUT2D eigenvalue weighted by Crippen LogP contribution is -2.09. The second-order valence-electron chi connectivity index (χ2n) is 5.12. The summed E-state index contributed by atoms with van der Waals surface area (Å²) in [6.45, 7) is 0. The third-order valence-electron chi connectivity index (χ3n) is 3.71. The SMILES string of the molecule is Nc1c(C(=O)O)c(-c2ccccc2)cc(-c2ccc[nH]2)c1[N+](=O)[O-]. The molecule has 4 N–H and O–H groups in total. The fourth-order valence-corrected chi connectivity index (χ4v) is 2.67. The Morgan fingerprint density at radius 3 is 2.38 bits per heavy atom. The van der Waals surface area contributed by atoms with Gasteiger partial charge in [0.15, 0.2) is 0 Å². The Hall–Kier alpha value is -3.61. The number of rotatable bonds is 4. The molecule has 0 aliphatic carbocycles. The van der Waals surface area contributed by atoms with E-state index >= 15 is 0 Å². The van der Waals surface area contributed by atoms with Crippen LogP contribution in [0.3, 0.4) is 0 Å². The first-order valence-corrected chi connectivity index (χ1v) is 7.04. The molecule has 24 heavy (non-hydrogen) atoms. The predicted molar refractivity (Wildman–Crippen MR) is 89.7 cm³/mol. The maximum atomic E-state index is 11.7. The number of nitro benzene ring substituents is 1. The van der Waals surface area contributed by atoms with Gasteiger partial charge in [-0.3, -0.25) is 10.1 Å². The number of aromatic amines is 1. The second-order valence-corrected chi connectivity index (χ2v) is 5.12. The summed E-state index contributed by atoms with van der Waals surface area (Å²) < 4.78 is 0. The van der Waals surface area contributed by atoms with Gasteiger partial charge in [-0.25, -0.2) is 4.79 Å². The van der Waals surface area contributed by atoms with Crippen LogP contribution in [-0.2, 0) is 0 Å². The number of carboxylic acids is 1. The first-order chi connectivity index (χ1) is 11.5. The highest BCUT2D eigenvalue weighted by Crippen LogP contribution is 2.41. The van der Waals surface area contributed by atoms with Crippen molar-refractivity contribution < 1.29 is 14.8 Å². The lowest BCUT2D eigenvalue weighted by atomic mass is 9.93. The normalized spacial score (nSPS) is 10.5. The van der Waals surface area contributed by atoms with Crippen LogP contribution in [0.2, 0.25) is 0 Å². The smallest absolute Gasteiger partial charge is 0.338 e. The molecule has 120 valence electrons. The molecule has 0 unspecified atom stereocenters. The molecule has 2 aromatic carbocycles. The standard InChI is InChI=1S/C17H13N3O4/c18-15-14(17(21)22)11(10-5-2-1-3-6-10)9-12(16(15)20(23)24)13-7-4-8-19-13/h1-9,19H,18H2,(H,21,22). The number of hydrogen-bond donors (Lipinski definition) is 3. The molecule has 0 fully saturated rings. The number of nitrogens with zero attached hydrogens (tertiary/aromatic N) is 1. The van der Waals surface area contributed by atoms with Crippen molar-refractivity contribution in [3.8, 4) is 22.4 Å². The fraction of sp³-hybridized carbons (Fsp3) is 0. The number of anilines is 1. The molecule has 0 aliphatic rings. The number of nitrogens with two attached hydrogens (primary N) is 1. The van der Waals surface area contributed by atoms with Crippen molar-refractivity contribution >= 4 is 17.3 Å². The topological polar surface area (TPSA) is 122 Å². The lowest BCUT2D eigenvalue weighted by molar-refractivity contribution is -0.383. The summed E-state index contributed by atoms with van der Waals surface area (Å²) >= 11 is 0. The van der Waals surface area contributed by atoms with E-state index in [2.05, 4.69) is 4.98 Å². The van der Waals surface area contributed by atoms with E-state index in [4.69, 9.17) is 5.73 Å². The van der Waals surface area contributed by atoms with Crippen LogP contribution in [0.15, 0.2) is 54.7 Å². The van der Waals surface area contributed by atoms with Crippen molar-refractivity contribution in [3.63, 3.8) is 0 Å². The van der Waals surface area contributed by atoms with Gasteiger partial charge in [-0.05, 0) is 29.3 Å². The van der Waals surface area contributed by atoms with E-state index < -0.39 is 16.6 Å². The number of aromatic carboxylic acids is 1. The molecular formula is C17H13N3O4. The van der Waals surface area contributed by atoms with E-state index in [0.717, 1.165) is 0 Å². The van der Waals surface area contributed by atoms with Crippen LogP contribution in [0.5, 0.6) is 0 Å². The Morgan fingerprint density at radius 1 is 1.12 bits per heavy atom. The molecule has 0 radical (unpaired) electrons. The van der Waals surface area contributed by atoms with Gasteiger partial charge in [-0.2, -0.15) is 0 Å². The van der Waals surface area contributed by atoms with Gasteiger partial charge in [-0.15, -0.1) is 0 Å². The van der Waals surface area contributed by atoms with Gasteiger partial charge < -0.3 is 15.8 Å². The molecule has 0 aliphatic heterocycles. The highest BCUT2D eigenvalue weighted by atomic mass is 16.6. The van der Waals surface area contributed by atoms with Gasteiger partial charge in [0, 0.05) is 6.20 Å². The minimum absolute atomic E-state index is 0.242. The average molecular weight is 323 g/mol. The summed E-state index contributed by atoms with van der Waals surface area (Å²) in [7, 11) is 0. The summed E-state index contributed by atoms with van der Waals surface area (Å²) in [6.07, 6.45) is 1.63. The fourth-order valence-electron chi connectivity index (χ4n) is 2.67. The second kappa shape index (κ2) is 5.88. The van der Waals surface area contributed by atoms with E-state index in [9.17, 15) is 20.0 Å². The van der Waals surface area contributed by atoms with Gasteiger partial charge in [0.05, 0.1) is 21.7 Å². The minimum atomic E-state index is -1.31. The third-order valence-corrected chi connectivity index (χ3v) is 3.71. The first kappa shape index (κ1) is 15.3. The molecule has 7 nitrogen and oxygen atoms in total. The molecule has 1 aromatic heterocycles. The van der Waals surface area contributed by atoms with Crippen molar-refractivity contribution in [2.24, 2.45) is 0 Å². The molecule has 0 saturated heterocycles. The largest absolute Gasteiger partial charge is 0.478 e. The molecule has 3 aromatic rings. The van der Waals surface area contributed by atoms with Crippen LogP contribution in [0.4, 0.5) is 11.4 Å². The Balaban J connectivity index is 2.41. The first-order valence-electron chi connectivity index (χ1n) is 7.04. The summed E-state index contributed by atoms with van der Waals surface area (Å²) in [4.78, 5) is 25.4. The van der Waals surface area contributed by atoms with Crippen molar-refractivity contribution in [2.75, 3.05) is 5.73 Å². The summed E-state index contributed by atoms with van der Waals surface area (Å²) in [5, 5.41) is 21.0. The van der Waals surface area contributed by atoms with Crippen molar-refractivity contribution in [1.29, 1.82) is 0 Å². The van der Waals surface area contributed by atoms with Crippen LogP contribution in [0.1, 0.15) is 10.4 Å². The van der Waals surface area contributed by atoms with Gasteiger partial charge >= 0.3 is 11.7 Å². The van der Waals surface area contributed by atoms with Crippen molar-refractivity contribution in [2.45, 2.75) is 0 Å². The zero-order valence-corrected chi connectivity index (χ0v) is 12.4. The molecule has 0 spiro atoms. The maximum Gasteiger partial charge on any atom is 0.338 e. The number of carboxylic acid groups (broad SMARTS) is 1. The molecule has 1 heterocycles. The van der Waals surface area contributed by atoms with Crippen LogP contribution >= 0.6 is 0 Å². The number of aromatic nitrogens is 1. The maximum absolute atomic E-state index is 11.7. The molecule has 7 heteroatoms. The Bertz CT molecular complexity index is 919. The average Bonchev–Trinajstić information content (AvgIpc) is 3.08.